The Morgan fingerprint density at radius 2 is 2.24 bits per heavy atom. The van der Waals surface area contributed by atoms with E-state index in [0.717, 1.165) is 5.76 Å². The van der Waals surface area contributed by atoms with E-state index < -0.39 is 6.10 Å². The minimum Gasteiger partial charge on any atom is -0.491 e. The van der Waals surface area contributed by atoms with Gasteiger partial charge < -0.3 is 19.6 Å². The molecule has 0 saturated carbocycles. The van der Waals surface area contributed by atoms with Crippen molar-refractivity contribution in [3.8, 4) is 11.8 Å². The standard InChI is InChI=1S/C16H18N2O3/c1-12(16-6-3-7-20-16)18-10-14(19)11-21-15-5-2-4-13(8-15)9-17/h2-8,12,14,18-19H,10-11H2,1H3. The number of hydrogen-bond donors (Lipinski definition) is 2. The summed E-state index contributed by atoms with van der Waals surface area (Å²) in [4.78, 5) is 0. The Hall–Kier alpha value is -2.29. The largest absolute Gasteiger partial charge is 0.491 e. The highest BCUT2D eigenvalue weighted by atomic mass is 16.5. The van der Waals surface area contributed by atoms with Crippen LogP contribution >= 0.6 is 0 Å². The first kappa shape index (κ1) is 15.1. The summed E-state index contributed by atoms with van der Waals surface area (Å²) in [6.07, 6.45) is 0.975. The van der Waals surface area contributed by atoms with Gasteiger partial charge in [-0.25, -0.2) is 0 Å². The molecule has 21 heavy (non-hydrogen) atoms. The second-order valence-electron chi connectivity index (χ2n) is 4.75. The summed E-state index contributed by atoms with van der Waals surface area (Å²) in [5.41, 5.74) is 0.534. The first-order valence-electron chi connectivity index (χ1n) is 6.77. The molecule has 0 amide bonds. The van der Waals surface area contributed by atoms with E-state index in [1.165, 1.54) is 0 Å². The van der Waals surface area contributed by atoms with Gasteiger partial charge in [0, 0.05) is 6.54 Å². The quantitative estimate of drug-likeness (QED) is 0.816. The Kier molecular flexibility index (Phi) is 5.38. The lowest BCUT2D eigenvalue weighted by molar-refractivity contribution is 0.103. The molecule has 1 heterocycles. The second kappa shape index (κ2) is 7.48. The van der Waals surface area contributed by atoms with Gasteiger partial charge in [0.05, 0.1) is 23.9 Å². The lowest BCUT2D eigenvalue weighted by atomic mass is 10.2. The summed E-state index contributed by atoms with van der Waals surface area (Å²) in [7, 11) is 0. The first-order valence-corrected chi connectivity index (χ1v) is 6.77. The topological polar surface area (TPSA) is 78.4 Å². The third kappa shape index (κ3) is 4.63. The maximum absolute atomic E-state index is 9.90. The van der Waals surface area contributed by atoms with E-state index in [9.17, 15) is 5.11 Å². The van der Waals surface area contributed by atoms with Crippen LogP contribution in [0.15, 0.2) is 47.1 Å². The number of ether oxygens (including phenoxy) is 1. The van der Waals surface area contributed by atoms with Gasteiger partial charge in [0.15, 0.2) is 0 Å². The molecule has 1 aromatic heterocycles. The van der Waals surface area contributed by atoms with Crippen LogP contribution in [-0.2, 0) is 0 Å². The van der Waals surface area contributed by atoms with Crippen molar-refractivity contribution < 1.29 is 14.3 Å². The molecule has 0 spiro atoms. The lowest BCUT2D eigenvalue weighted by Crippen LogP contribution is -2.32. The number of rotatable bonds is 7. The van der Waals surface area contributed by atoms with Crippen molar-refractivity contribution >= 4 is 0 Å². The monoisotopic (exact) mass is 286 g/mol. The molecule has 0 radical (unpaired) electrons. The molecular formula is C16H18N2O3. The van der Waals surface area contributed by atoms with Gasteiger partial charge >= 0.3 is 0 Å². The van der Waals surface area contributed by atoms with Crippen molar-refractivity contribution in [2.75, 3.05) is 13.2 Å². The van der Waals surface area contributed by atoms with Gasteiger partial charge in [0.25, 0.3) is 0 Å². The SMILES string of the molecule is CC(NCC(O)COc1cccc(C#N)c1)c1ccco1. The van der Waals surface area contributed by atoms with Gasteiger partial charge in [-0.15, -0.1) is 0 Å². The fourth-order valence-corrected chi connectivity index (χ4v) is 1.86. The zero-order valence-electron chi connectivity index (χ0n) is 11.8. The van der Waals surface area contributed by atoms with Gasteiger partial charge in [-0.1, -0.05) is 6.07 Å². The molecule has 0 saturated heterocycles. The maximum Gasteiger partial charge on any atom is 0.120 e. The molecule has 5 nitrogen and oxygen atoms in total. The van der Waals surface area contributed by atoms with Gasteiger partial charge in [0.1, 0.15) is 24.2 Å². The van der Waals surface area contributed by atoms with E-state index in [0.29, 0.717) is 17.9 Å². The summed E-state index contributed by atoms with van der Waals surface area (Å²) in [6.45, 7) is 2.51. The van der Waals surface area contributed by atoms with E-state index in [1.807, 2.05) is 25.1 Å². The van der Waals surface area contributed by atoms with Gasteiger partial charge in [-0.3, -0.25) is 0 Å². The van der Waals surface area contributed by atoms with E-state index in [4.69, 9.17) is 14.4 Å². The molecule has 5 heteroatoms. The Balaban J connectivity index is 1.74. The molecule has 2 rings (SSSR count). The van der Waals surface area contributed by atoms with E-state index >= 15 is 0 Å². The van der Waals surface area contributed by atoms with Crippen molar-refractivity contribution in [1.29, 1.82) is 5.26 Å². The minimum absolute atomic E-state index is 0.0246. The zero-order chi connectivity index (χ0) is 15.1. The minimum atomic E-state index is -0.645. The molecule has 0 aliphatic carbocycles. The van der Waals surface area contributed by atoms with Crippen LogP contribution in [0.25, 0.3) is 0 Å². The van der Waals surface area contributed by atoms with Crippen molar-refractivity contribution in [3.63, 3.8) is 0 Å². The van der Waals surface area contributed by atoms with E-state index in [1.54, 1.807) is 30.5 Å². The number of benzene rings is 1. The molecule has 1 aromatic carbocycles. The Morgan fingerprint density at radius 1 is 1.38 bits per heavy atom. The summed E-state index contributed by atoms with van der Waals surface area (Å²) in [6, 6.07) is 12.6. The molecule has 2 aromatic rings. The number of aliphatic hydroxyl groups is 1. The molecule has 2 atom stereocenters. The number of nitrogens with zero attached hydrogens (tertiary/aromatic N) is 1. The average Bonchev–Trinajstić information content (AvgIpc) is 3.05. The van der Waals surface area contributed by atoms with Crippen molar-refractivity contribution in [1.82, 2.24) is 5.32 Å². The summed E-state index contributed by atoms with van der Waals surface area (Å²) in [5.74, 6) is 1.40. The Bertz CT molecular complexity index is 590. The highest BCUT2D eigenvalue weighted by molar-refractivity contribution is 5.36. The van der Waals surface area contributed by atoms with Gasteiger partial charge in [-0.2, -0.15) is 5.26 Å². The number of nitriles is 1. The van der Waals surface area contributed by atoms with E-state index in [2.05, 4.69) is 5.32 Å². The van der Waals surface area contributed by atoms with E-state index in [-0.39, 0.29) is 12.6 Å². The third-order valence-corrected chi connectivity index (χ3v) is 3.04. The fraction of sp³-hybridized carbons (Fsp3) is 0.312. The van der Waals surface area contributed by atoms with Crippen LogP contribution in [0.1, 0.15) is 24.3 Å². The number of furan rings is 1. The van der Waals surface area contributed by atoms with Crippen LogP contribution in [0.5, 0.6) is 5.75 Å². The summed E-state index contributed by atoms with van der Waals surface area (Å²) in [5, 5.41) is 21.9. The maximum atomic E-state index is 9.90. The van der Waals surface area contributed by atoms with Crippen LogP contribution in [0, 0.1) is 11.3 Å². The van der Waals surface area contributed by atoms with Gasteiger partial charge in [-0.05, 0) is 37.3 Å². The average molecular weight is 286 g/mol. The lowest BCUT2D eigenvalue weighted by Gasteiger charge is -2.16. The van der Waals surface area contributed by atoms with Crippen LogP contribution < -0.4 is 10.1 Å². The number of hydrogen-bond acceptors (Lipinski definition) is 5. The van der Waals surface area contributed by atoms with Crippen molar-refractivity contribution in [2.45, 2.75) is 19.1 Å². The normalized spacial score (nSPS) is 13.4. The molecule has 0 aliphatic rings. The Labute approximate surface area is 123 Å². The molecule has 2 unspecified atom stereocenters. The van der Waals surface area contributed by atoms with Crippen LogP contribution in [0.4, 0.5) is 0 Å². The smallest absolute Gasteiger partial charge is 0.120 e. The summed E-state index contributed by atoms with van der Waals surface area (Å²) >= 11 is 0. The Morgan fingerprint density at radius 3 is 2.95 bits per heavy atom. The third-order valence-electron chi connectivity index (χ3n) is 3.04. The predicted molar refractivity (Wildman–Crippen MR) is 77.8 cm³/mol. The van der Waals surface area contributed by atoms with Crippen LogP contribution in [0.3, 0.4) is 0 Å². The van der Waals surface area contributed by atoms with Crippen LogP contribution in [-0.4, -0.2) is 24.4 Å². The highest BCUT2D eigenvalue weighted by Gasteiger charge is 2.11. The second-order valence-corrected chi connectivity index (χ2v) is 4.75. The molecule has 110 valence electrons. The molecule has 0 aliphatic heterocycles. The summed E-state index contributed by atoms with van der Waals surface area (Å²) < 4.78 is 10.7. The zero-order valence-corrected chi connectivity index (χ0v) is 11.8. The number of nitrogens with one attached hydrogen (secondary N) is 1. The van der Waals surface area contributed by atoms with Crippen molar-refractivity contribution in [2.24, 2.45) is 0 Å². The predicted octanol–water partition coefficient (Wildman–Crippen LogP) is 2.24. The van der Waals surface area contributed by atoms with Crippen molar-refractivity contribution in [3.05, 3.63) is 54.0 Å². The fourth-order valence-electron chi connectivity index (χ4n) is 1.86. The van der Waals surface area contributed by atoms with Crippen LogP contribution in [0.2, 0.25) is 0 Å². The molecule has 0 fully saturated rings. The molecule has 2 N–H and O–H groups in total. The van der Waals surface area contributed by atoms with Gasteiger partial charge in [0.2, 0.25) is 0 Å². The molecule has 0 bridgehead atoms. The molecular weight excluding hydrogens is 268 g/mol. The number of aliphatic hydroxyl groups excluding tert-OH is 1. The first-order chi connectivity index (χ1) is 10.2. The highest BCUT2D eigenvalue weighted by Crippen LogP contribution is 2.14.